The van der Waals surface area contributed by atoms with Gasteiger partial charge in [0.25, 0.3) is 0 Å². The van der Waals surface area contributed by atoms with Crippen LogP contribution >= 0.6 is 11.3 Å². The summed E-state index contributed by atoms with van der Waals surface area (Å²) < 4.78 is 13.6. The first kappa shape index (κ1) is 13.6. The minimum atomic E-state index is -0.345. The van der Waals surface area contributed by atoms with E-state index in [1.165, 1.54) is 15.8 Å². The number of anilines is 1. The number of aryl methyl sites for hydroxylation is 1. The summed E-state index contributed by atoms with van der Waals surface area (Å²) in [6.45, 7) is 4.49. The number of rotatable bonds is 4. The van der Waals surface area contributed by atoms with E-state index in [1.54, 1.807) is 24.3 Å². The van der Waals surface area contributed by atoms with Gasteiger partial charge in [-0.1, -0.05) is 6.92 Å². The molecule has 4 heteroatoms. The molecule has 0 aliphatic heterocycles. The maximum atomic E-state index is 13.6. The quantitative estimate of drug-likeness (QED) is 0.905. The zero-order valence-corrected chi connectivity index (χ0v) is 11.8. The zero-order valence-electron chi connectivity index (χ0n) is 11.0. The van der Waals surface area contributed by atoms with Gasteiger partial charge in [-0.25, -0.2) is 4.39 Å². The lowest BCUT2D eigenvalue weighted by atomic mass is 10.1. The Hall–Kier alpha value is -1.86. The first-order valence-corrected chi connectivity index (χ1v) is 6.97. The van der Waals surface area contributed by atoms with Gasteiger partial charge in [0.15, 0.2) is 0 Å². The molecule has 0 atom stereocenters. The molecule has 1 heterocycles. The largest absolute Gasteiger partial charge is 0.380 e. The number of nitriles is 1. The SMILES string of the molecule is CCc1ccc(CNc2cc(C#N)cc(F)c2C)s1. The Labute approximate surface area is 116 Å². The molecule has 0 saturated carbocycles. The van der Waals surface area contributed by atoms with Crippen LogP contribution in [0.4, 0.5) is 10.1 Å². The molecule has 0 radical (unpaired) electrons. The highest BCUT2D eigenvalue weighted by molar-refractivity contribution is 7.12. The maximum Gasteiger partial charge on any atom is 0.129 e. The van der Waals surface area contributed by atoms with Crippen LogP contribution in [0.5, 0.6) is 0 Å². The standard InChI is InChI=1S/C15H15FN2S/c1-3-12-4-5-13(19-12)9-18-15-7-11(8-17)6-14(16)10(15)2/h4-7,18H,3,9H2,1-2H3. The Morgan fingerprint density at radius 2 is 2.05 bits per heavy atom. The summed E-state index contributed by atoms with van der Waals surface area (Å²) in [6, 6.07) is 9.11. The van der Waals surface area contributed by atoms with Crippen LogP contribution in [0.25, 0.3) is 0 Å². The first-order valence-electron chi connectivity index (χ1n) is 6.15. The fraction of sp³-hybridized carbons (Fsp3) is 0.267. The number of hydrogen-bond donors (Lipinski definition) is 1. The molecule has 19 heavy (non-hydrogen) atoms. The average molecular weight is 274 g/mol. The highest BCUT2D eigenvalue weighted by atomic mass is 32.1. The third-order valence-electron chi connectivity index (χ3n) is 2.99. The van der Waals surface area contributed by atoms with E-state index >= 15 is 0 Å². The van der Waals surface area contributed by atoms with Crippen molar-refractivity contribution in [3.63, 3.8) is 0 Å². The van der Waals surface area contributed by atoms with Gasteiger partial charge in [-0.2, -0.15) is 5.26 Å². The van der Waals surface area contributed by atoms with Gasteiger partial charge < -0.3 is 5.32 Å². The van der Waals surface area contributed by atoms with E-state index in [4.69, 9.17) is 5.26 Å². The average Bonchev–Trinajstić information content (AvgIpc) is 2.88. The molecular formula is C15H15FN2S. The first-order chi connectivity index (χ1) is 9.13. The smallest absolute Gasteiger partial charge is 0.129 e. The van der Waals surface area contributed by atoms with E-state index in [0.29, 0.717) is 23.4 Å². The molecule has 0 unspecified atom stereocenters. The van der Waals surface area contributed by atoms with Gasteiger partial charge in [-0.3, -0.25) is 0 Å². The van der Waals surface area contributed by atoms with E-state index < -0.39 is 0 Å². The monoisotopic (exact) mass is 274 g/mol. The Balaban J connectivity index is 2.15. The lowest BCUT2D eigenvalue weighted by Gasteiger charge is -2.09. The molecule has 98 valence electrons. The summed E-state index contributed by atoms with van der Waals surface area (Å²) in [5, 5.41) is 12.1. The molecule has 0 amide bonds. The van der Waals surface area contributed by atoms with E-state index in [1.807, 2.05) is 6.07 Å². The van der Waals surface area contributed by atoms with Crippen molar-refractivity contribution in [1.29, 1.82) is 5.26 Å². The van der Waals surface area contributed by atoms with E-state index in [9.17, 15) is 4.39 Å². The molecular weight excluding hydrogens is 259 g/mol. The highest BCUT2D eigenvalue weighted by Gasteiger charge is 2.07. The normalized spacial score (nSPS) is 10.2. The summed E-state index contributed by atoms with van der Waals surface area (Å²) in [7, 11) is 0. The molecule has 0 fully saturated rings. The van der Waals surface area contributed by atoms with Gasteiger partial charge in [-0.05, 0) is 37.6 Å². The molecule has 1 aromatic carbocycles. The van der Waals surface area contributed by atoms with Crippen molar-refractivity contribution >= 4 is 17.0 Å². The Morgan fingerprint density at radius 3 is 2.68 bits per heavy atom. The van der Waals surface area contributed by atoms with Crippen molar-refractivity contribution in [2.24, 2.45) is 0 Å². The summed E-state index contributed by atoms with van der Waals surface area (Å²) >= 11 is 1.75. The molecule has 2 nitrogen and oxygen atoms in total. The molecule has 1 N–H and O–H groups in total. The summed E-state index contributed by atoms with van der Waals surface area (Å²) in [6.07, 6.45) is 1.03. The highest BCUT2D eigenvalue weighted by Crippen LogP contribution is 2.23. The molecule has 2 rings (SSSR count). The maximum absolute atomic E-state index is 13.6. The van der Waals surface area contributed by atoms with Crippen molar-refractivity contribution < 1.29 is 4.39 Å². The lowest BCUT2D eigenvalue weighted by molar-refractivity contribution is 0.618. The predicted octanol–water partition coefficient (Wildman–Crippen LogP) is 4.24. The molecule has 0 aliphatic rings. The number of hydrogen-bond acceptors (Lipinski definition) is 3. The summed E-state index contributed by atoms with van der Waals surface area (Å²) in [5.74, 6) is -0.345. The van der Waals surface area contributed by atoms with Gasteiger partial charge in [-0.15, -0.1) is 11.3 Å². The summed E-state index contributed by atoms with van der Waals surface area (Å²) in [4.78, 5) is 2.55. The lowest BCUT2D eigenvalue weighted by Crippen LogP contribution is -2.01. The second kappa shape index (κ2) is 5.85. The van der Waals surface area contributed by atoms with Crippen LogP contribution < -0.4 is 5.32 Å². The summed E-state index contributed by atoms with van der Waals surface area (Å²) in [5.41, 5.74) is 1.57. The van der Waals surface area contributed by atoms with Crippen LogP contribution in [0, 0.1) is 24.1 Å². The Bertz CT molecular complexity index is 626. The molecule has 0 aliphatic carbocycles. The third-order valence-corrected chi connectivity index (χ3v) is 4.22. The van der Waals surface area contributed by atoms with Gasteiger partial charge >= 0.3 is 0 Å². The van der Waals surface area contributed by atoms with Crippen molar-refractivity contribution in [3.8, 4) is 6.07 Å². The van der Waals surface area contributed by atoms with Crippen LogP contribution in [0.15, 0.2) is 24.3 Å². The zero-order chi connectivity index (χ0) is 13.8. The number of nitrogens with zero attached hydrogens (tertiary/aromatic N) is 1. The number of nitrogens with one attached hydrogen (secondary N) is 1. The van der Waals surface area contributed by atoms with Gasteiger partial charge in [0.1, 0.15) is 5.82 Å². The molecule has 0 saturated heterocycles. The number of halogens is 1. The second-order valence-corrected chi connectivity index (χ2v) is 5.57. The molecule has 0 spiro atoms. The van der Waals surface area contributed by atoms with Crippen molar-refractivity contribution in [2.45, 2.75) is 26.8 Å². The van der Waals surface area contributed by atoms with Gasteiger partial charge in [0.05, 0.1) is 11.6 Å². The Kier molecular flexibility index (Phi) is 4.18. The van der Waals surface area contributed by atoms with Crippen LogP contribution in [0.2, 0.25) is 0 Å². The van der Waals surface area contributed by atoms with Crippen molar-refractivity contribution in [2.75, 3.05) is 5.32 Å². The van der Waals surface area contributed by atoms with E-state index in [2.05, 4.69) is 24.4 Å². The third kappa shape index (κ3) is 3.12. The van der Waals surface area contributed by atoms with Crippen LogP contribution in [0.3, 0.4) is 0 Å². The number of benzene rings is 1. The van der Waals surface area contributed by atoms with Gasteiger partial charge in [0.2, 0.25) is 0 Å². The molecule has 0 bridgehead atoms. The number of thiophene rings is 1. The van der Waals surface area contributed by atoms with E-state index in [0.717, 1.165) is 6.42 Å². The molecule has 2 aromatic rings. The van der Waals surface area contributed by atoms with Crippen molar-refractivity contribution in [3.05, 3.63) is 51.0 Å². The van der Waals surface area contributed by atoms with Crippen LogP contribution in [-0.4, -0.2) is 0 Å². The van der Waals surface area contributed by atoms with Crippen LogP contribution in [0.1, 0.15) is 27.8 Å². The fourth-order valence-corrected chi connectivity index (χ4v) is 2.71. The fourth-order valence-electron chi connectivity index (χ4n) is 1.82. The predicted molar refractivity (Wildman–Crippen MR) is 76.9 cm³/mol. The van der Waals surface area contributed by atoms with E-state index in [-0.39, 0.29) is 5.82 Å². The second-order valence-electron chi connectivity index (χ2n) is 4.32. The minimum absolute atomic E-state index is 0.339. The van der Waals surface area contributed by atoms with Crippen LogP contribution in [-0.2, 0) is 13.0 Å². The Morgan fingerprint density at radius 1 is 1.32 bits per heavy atom. The van der Waals surface area contributed by atoms with Gasteiger partial charge in [0, 0.05) is 27.5 Å². The topological polar surface area (TPSA) is 35.8 Å². The van der Waals surface area contributed by atoms with Crippen molar-refractivity contribution in [1.82, 2.24) is 0 Å². The molecule has 1 aromatic heterocycles. The minimum Gasteiger partial charge on any atom is -0.380 e.